The van der Waals surface area contributed by atoms with Gasteiger partial charge in [-0.3, -0.25) is 4.55 Å². The van der Waals surface area contributed by atoms with Gasteiger partial charge in [0.05, 0.1) is 34.8 Å². The number of carbonyl (C=O) groups excluding carboxylic acids is 2. The number of nitrogens with zero attached hydrogens (tertiary/aromatic N) is 1. The topological polar surface area (TPSA) is 120 Å². The molecular formula is C43H40NO8S+. The lowest BCUT2D eigenvalue weighted by molar-refractivity contribution is -0.645. The van der Waals surface area contributed by atoms with E-state index in [4.69, 9.17) is 14.2 Å². The summed E-state index contributed by atoms with van der Waals surface area (Å²) in [5, 5.41) is 1.31. The van der Waals surface area contributed by atoms with Crippen LogP contribution in [0.3, 0.4) is 0 Å². The second-order valence-electron chi connectivity index (χ2n) is 12.8. The minimum Gasteiger partial charge on any atom is -0.497 e. The van der Waals surface area contributed by atoms with Crippen molar-refractivity contribution in [3.05, 3.63) is 148 Å². The molecule has 6 aromatic rings. The number of pyridine rings is 1. The molecule has 0 saturated carbocycles. The van der Waals surface area contributed by atoms with Gasteiger partial charge in [0.15, 0.2) is 0 Å². The van der Waals surface area contributed by atoms with Crippen LogP contribution >= 0.6 is 0 Å². The van der Waals surface area contributed by atoms with Gasteiger partial charge in [-0.05, 0) is 90.6 Å². The summed E-state index contributed by atoms with van der Waals surface area (Å²) in [5.41, 5.74) is 6.15. The molecule has 0 radical (unpaired) electrons. The van der Waals surface area contributed by atoms with E-state index in [1.807, 2.05) is 109 Å². The summed E-state index contributed by atoms with van der Waals surface area (Å²) >= 11 is 0. The number of methoxy groups -OCH3 is 1. The van der Waals surface area contributed by atoms with E-state index < -0.39 is 22.1 Å². The molecule has 5 aromatic carbocycles. The van der Waals surface area contributed by atoms with Crippen LogP contribution in [0.2, 0.25) is 0 Å². The largest absolute Gasteiger partial charge is 0.497 e. The summed E-state index contributed by atoms with van der Waals surface area (Å²) in [6.45, 7) is 4.16. The molecule has 53 heavy (non-hydrogen) atoms. The van der Waals surface area contributed by atoms with Gasteiger partial charge in [0.25, 0.3) is 10.1 Å². The number of rotatable bonds is 13. The fraction of sp³-hybridized carbons (Fsp3) is 0.186. The molecule has 1 heterocycles. The van der Waals surface area contributed by atoms with Crippen LogP contribution in [0.4, 0.5) is 0 Å². The zero-order valence-electron chi connectivity index (χ0n) is 29.7. The fourth-order valence-electron chi connectivity index (χ4n) is 6.39. The zero-order chi connectivity index (χ0) is 37.5. The summed E-state index contributed by atoms with van der Waals surface area (Å²) < 4.78 is 51.2. The molecule has 1 aromatic heterocycles. The van der Waals surface area contributed by atoms with Crippen molar-refractivity contribution in [2.24, 2.45) is 0 Å². The third kappa shape index (κ3) is 8.97. The van der Waals surface area contributed by atoms with E-state index in [9.17, 15) is 22.6 Å². The van der Waals surface area contributed by atoms with E-state index in [-0.39, 0.29) is 18.8 Å². The second-order valence-corrected chi connectivity index (χ2v) is 14.4. The van der Waals surface area contributed by atoms with Gasteiger partial charge in [-0.2, -0.15) is 13.0 Å². The third-order valence-electron chi connectivity index (χ3n) is 8.97. The Bertz CT molecular complexity index is 2420. The van der Waals surface area contributed by atoms with Crippen LogP contribution in [0.1, 0.15) is 61.4 Å². The Kier molecular flexibility index (Phi) is 11.3. The minimum atomic E-state index is -4.09. The van der Waals surface area contributed by atoms with Crippen molar-refractivity contribution in [3.63, 3.8) is 0 Å². The minimum absolute atomic E-state index is 0.139. The quantitative estimate of drug-likeness (QED) is 0.0240. The van der Waals surface area contributed by atoms with E-state index in [1.165, 1.54) is 0 Å². The highest BCUT2D eigenvalue weighted by Gasteiger charge is 2.27. The van der Waals surface area contributed by atoms with Crippen molar-refractivity contribution < 1.29 is 41.3 Å². The molecule has 0 spiro atoms. The Morgan fingerprint density at radius 1 is 0.736 bits per heavy atom. The highest BCUT2D eigenvalue weighted by molar-refractivity contribution is 7.85. The van der Waals surface area contributed by atoms with Gasteiger partial charge in [-0.15, -0.1) is 0 Å². The molecule has 0 aliphatic rings. The number of ether oxygens (including phenoxy) is 3. The van der Waals surface area contributed by atoms with E-state index in [0.717, 1.165) is 33.5 Å². The molecule has 0 amide bonds. The monoisotopic (exact) mass is 730 g/mol. The van der Waals surface area contributed by atoms with Gasteiger partial charge in [-0.1, -0.05) is 66.7 Å². The third-order valence-corrected chi connectivity index (χ3v) is 9.78. The van der Waals surface area contributed by atoms with E-state index in [1.54, 1.807) is 33.1 Å². The van der Waals surface area contributed by atoms with Crippen molar-refractivity contribution in [1.29, 1.82) is 0 Å². The van der Waals surface area contributed by atoms with Gasteiger partial charge >= 0.3 is 11.9 Å². The first-order valence-corrected chi connectivity index (χ1v) is 18.8. The van der Waals surface area contributed by atoms with Crippen LogP contribution in [0, 0.1) is 13.8 Å². The Balaban J connectivity index is 1.38. The maximum absolute atomic E-state index is 14.4. The average molecular weight is 731 g/mol. The summed E-state index contributed by atoms with van der Waals surface area (Å²) in [5.74, 6) is -0.270. The van der Waals surface area contributed by atoms with Gasteiger partial charge in [0.1, 0.15) is 24.7 Å². The fourth-order valence-corrected chi connectivity index (χ4v) is 6.96. The van der Waals surface area contributed by atoms with Crippen molar-refractivity contribution in [2.45, 2.75) is 39.8 Å². The summed E-state index contributed by atoms with van der Waals surface area (Å²) in [6.07, 6.45) is 4.68. The lowest BCUT2D eigenvalue weighted by Crippen LogP contribution is -2.37. The maximum atomic E-state index is 14.4. The molecule has 0 atom stereocenters. The highest BCUT2D eigenvalue weighted by atomic mass is 32.2. The Morgan fingerprint density at radius 3 is 2.08 bits per heavy atom. The molecule has 1 N–H and O–H groups in total. The molecule has 0 bridgehead atoms. The first-order valence-electron chi connectivity index (χ1n) is 17.2. The van der Waals surface area contributed by atoms with Crippen LogP contribution in [0.25, 0.3) is 34.0 Å². The molecule has 6 rings (SSSR count). The van der Waals surface area contributed by atoms with Crippen LogP contribution in [0.15, 0.2) is 109 Å². The molecule has 0 aliphatic heterocycles. The number of aromatic nitrogens is 1. The van der Waals surface area contributed by atoms with Crippen LogP contribution < -0.4 is 14.0 Å². The van der Waals surface area contributed by atoms with Gasteiger partial charge in [0.2, 0.25) is 11.0 Å². The van der Waals surface area contributed by atoms with Gasteiger partial charge in [0, 0.05) is 18.6 Å². The molecule has 0 fully saturated rings. The van der Waals surface area contributed by atoms with Crippen LogP contribution in [0.5, 0.6) is 11.5 Å². The van der Waals surface area contributed by atoms with Crippen molar-refractivity contribution in [3.8, 4) is 11.5 Å². The first-order chi connectivity index (χ1) is 25.5. The Morgan fingerprint density at radius 2 is 1.38 bits per heavy atom. The average Bonchev–Trinajstić information content (AvgIpc) is 3.15. The molecule has 0 saturated heterocycles. The van der Waals surface area contributed by atoms with Crippen LogP contribution in [-0.2, 0) is 28.0 Å². The standard InChI is InChI=1S/C43H39NO8S/c1-29-25-34(42(45)51-28-33-11-5-4-6-12-33)26-30(2)41(29)52-43(46)40-36-13-7-8-14-38(36)44(23-9-10-24-53(47,48)49)39-22-19-32(27-37(39)40)16-15-31-17-20-35(50-3)21-18-31/h4-8,11-22,25-27H,9-10,23-24,28H2,1-3H3/p+1. The number of hydrogen-bond donors (Lipinski definition) is 1. The molecule has 10 heteroatoms. The summed E-state index contributed by atoms with van der Waals surface area (Å²) in [7, 11) is -2.47. The number of carbonyl (C=O) groups is 2. The number of esters is 2. The predicted molar refractivity (Wildman–Crippen MR) is 206 cm³/mol. The number of fused-ring (bicyclic) bond motifs is 2. The van der Waals surface area contributed by atoms with E-state index >= 15 is 0 Å². The number of hydrogen-bond acceptors (Lipinski definition) is 7. The second kappa shape index (κ2) is 16.2. The smallest absolute Gasteiger partial charge is 0.345 e. The normalized spacial score (nSPS) is 11.6. The highest BCUT2D eigenvalue weighted by Crippen LogP contribution is 2.31. The Hall–Kier alpha value is -5.84. The van der Waals surface area contributed by atoms with E-state index in [0.29, 0.717) is 51.7 Å². The molecule has 0 aliphatic carbocycles. The van der Waals surface area contributed by atoms with Crippen LogP contribution in [-0.4, -0.2) is 37.8 Å². The molecule has 0 unspecified atom stereocenters. The number of aryl methyl sites for hydroxylation is 3. The number of unbranched alkanes of at least 4 members (excludes halogenated alkanes) is 1. The first kappa shape index (κ1) is 36.9. The number of benzene rings is 5. The van der Waals surface area contributed by atoms with E-state index in [2.05, 4.69) is 4.57 Å². The molecule has 9 nitrogen and oxygen atoms in total. The molecule has 270 valence electrons. The summed E-state index contributed by atoms with van der Waals surface area (Å²) in [6, 6.07) is 33.8. The van der Waals surface area contributed by atoms with Gasteiger partial charge in [-0.25, -0.2) is 9.59 Å². The maximum Gasteiger partial charge on any atom is 0.345 e. The zero-order valence-corrected chi connectivity index (χ0v) is 30.6. The SMILES string of the molecule is COc1ccc(C=Cc2ccc3c(c2)c(C(=O)Oc2c(C)cc(C(=O)OCc4ccccc4)cc2C)c2ccccc2[n+]3CCCCS(=O)(=O)O)cc1. The summed E-state index contributed by atoms with van der Waals surface area (Å²) in [4.78, 5) is 27.4. The van der Waals surface area contributed by atoms with Crippen molar-refractivity contribution in [1.82, 2.24) is 0 Å². The van der Waals surface area contributed by atoms with Gasteiger partial charge < -0.3 is 14.2 Å². The predicted octanol–water partition coefficient (Wildman–Crippen LogP) is 8.32. The Labute approximate surface area is 308 Å². The number of para-hydroxylation sites is 1. The lowest BCUT2D eigenvalue weighted by Gasteiger charge is -2.15. The molecular weight excluding hydrogens is 691 g/mol. The lowest BCUT2D eigenvalue weighted by atomic mass is 9.99. The van der Waals surface area contributed by atoms with Crippen molar-refractivity contribution in [2.75, 3.05) is 12.9 Å². The van der Waals surface area contributed by atoms with Crippen molar-refractivity contribution >= 4 is 56.0 Å².